The van der Waals surface area contributed by atoms with Gasteiger partial charge in [-0.2, -0.15) is 38.4 Å². The van der Waals surface area contributed by atoms with E-state index in [1.807, 2.05) is 72.3 Å². The highest BCUT2D eigenvalue weighted by atomic mass is 32.1. The Morgan fingerprint density at radius 2 is 0.781 bits per heavy atom. The van der Waals surface area contributed by atoms with E-state index in [1.165, 1.54) is 48.9 Å². The highest BCUT2D eigenvalue weighted by molar-refractivity contribution is 7.19. The summed E-state index contributed by atoms with van der Waals surface area (Å²) < 4.78 is 219. The Kier molecular flexibility index (Phi) is 42.9. The fourth-order valence-electron chi connectivity index (χ4n) is 14.4. The molecule has 0 spiro atoms. The minimum absolute atomic E-state index is 0.0144. The molecule has 3 saturated heterocycles. The first-order valence-electron chi connectivity index (χ1n) is 46.5. The Balaban J connectivity index is 0.000000156. The van der Waals surface area contributed by atoms with Gasteiger partial charge < -0.3 is 91.7 Å². The Labute approximate surface area is 835 Å². The van der Waals surface area contributed by atoms with Crippen LogP contribution in [0.4, 0.5) is 74.0 Å². The van der Waals surface area contributed by atoms with Gasteiger partial charge in [0, 0.05) is 172 Å². The number of aryl methyl sites for hydroxylation is 2. The quantitative estimate of drug-likeness (QED) is 0.0162. The summed E-state index contributed by atoms with van der Waals surface area (Å²) in [5.74, 6) is 4.72. The molecule has 17 rings (SSSR count). The second kappa shape index (κ2) is 56.5. The van der Waals surface area contributed by atoms with E-state index in [0.29, 0.717) is 182 Å². The average Bonchev–Trinajstić information content (AvgIpc) is 1.63. The summed E-state index contributed by atoms with van der Waals surface area (Å²) in [6.45, 7) is 10.7. The van der Waals surface area contributed by atoms with Crippen molar-refractivity contribution >= 4 is 28.2 Å². The Morgan fingerprint density at radius 3 is 1.19 bits per heavy atom. The Morgan fingerprint density at radius 1 is 0.411 bits per heavy atom. The first kappa shape index (κ1) is 111. The maximum Gasteiger partial charge on any atom is 0.396 e. The van der Waals surface area contributed by atoms with E-state index in [1.54, 1.807) is 58.5 Å². The molecular weight excluding hydrogens is 1950 g/mol. The molecular formula is C98H114F13N25O9S. The van der Waals surface area contributed by atoms with Gasteiger partial charge in [-0.15, -0.1) is 10.2 Å². The molecule has 34 nitrogen and oxygen atoms in total. The predicted octanol–water partition coefficient (Wildman–Crippen LogP) is 15.4. The number of H-pyrrole nitrogens is 4. The van der Waals surface area contributed by atoms with E-state index in [-0.39, 0.29) is 130 Å². The number of anilines is 3. The number of rotatable bonds is 37. The first-order valence-corrected chi connectivity index (χ1v) is 47.3. The maximum atomic E-state index is 14.4. The fourth-order valence-corrected chi connectivity index (χ4v) is 15.5. The van der Waals surface area contributed by atoms with E-state index < -0.39 is 35.9 Å². The van der Waals surface area contributed by atoms with Crippen LogP contribution in [0.25, 0.3) is 67.5 Å². The molecule has 16 N–H and O–H groups in total. The van der Waals surface area contributed by atoms with Crippen LogP contribution < -0.4 is 77.5 Å². The van der Waals surface area contributed by atoms with Crippen molar-refractivity contribution in [1.82, 2.24) is 80.5 Å². The van der Waals surface area contributed by atoms with Crippen molar-refractivity contribution in [3.8, 4) is 102 Å². The van der Waals surface area contributed by atoms with E-state index >= 15 is 0 Å². The van der Waals surface area contributed by atoms with Crippen LogP contribution in [0, 0.1) is 36.1 Å². The average molecular weight is 2070 g/mol. The van der Waals surface area contributed by atoms with Gasteiger partial charge in [-0.25, -0.2) is 63.8 Å². The lowest BCUT2D eigenvalue weighted by atomic mass is 10.0. The van der Waals surface area contributed by atoms with Crippen LogP contribution in [0.2, 0.25) is 0 Å². The van der Waals surface area contributed by atoms with E-state index in [0.717, 1.165) is 97.1 Å². The largest absolute Gasteiger partial charge is 0.489 e. The van der Waals surface area contributed by atoms with E-state index in [2.05, 4.69) is 75.7 Å². The number of hydrogen-bond acceptors (Lipinski definition) is 30. The van der Waals surface area contributed by atoms with Gasteiger partial charge in [-0.3, -0.25) is 25.1 Å². The number of aromatic nitrogens is 16. The van der Waals surface area contributed by atoms with Crippen molar-refractivity contribution in [3.05, 3.63) is 239 Å². The number of nitrogens with one attached hydrogen (secondary N) is 4. The van der Waals surface area contributed by atoms with Crippen molar-refractivity contribution < 1.29 is 99.7 Å². The van der Waals surface area contributed by atoms with Crippen molar-refractivity contribution in [2.75, 3.05) is 173 Å². The molecule has 782 valence electrons. The number of hydrogen-bond donors (Lipinski definition) is 10. The molecule has 3 aliphatic heterocycles. The monoisotopic (exact) mass is 2060 g/mol. The second-order valence-corrected chi connectivity index (χ2v) is 34.4. The van der Waals surface area contributed by atoms with Crippen molar-refractivity contribution in [3.63, 3.8) is 0 Å². The Hall–Kier alpha value is -14.0. The molecule has 5 fully saturated rings. The van der Waals surface area contributed by atoms with Crippen LogP contribution in [0.3, 0.4) is 0 Å². The Bertz CT molecular complexity index is 6250. The van der Waals surface area contributed by atoms with Gasteiger partial charge >= 0.3 is 6.18 Å². The molecule has 0 radical (unpaired) electrons. The SMILES string of the molecule is Cc1nc(-c2ccc(OC/C(=C/F)CN)cc2)sc1N1CCOCC1.Cn1nc(-c2ccc(OC/C(=C/F)CN)cc2F)nc1C1CC1.NC/C(=C\F)COc1cc(F)c(-c2nc(N3CCOCC3)n[nH]2)c(F)c1.NC/C(=C\F)COc1ccc(-c2n[nH]c(CC(F)(F)F)n2)cc1.NC/C(=C\F)COc1ccc(-c2n[nH]c(CC3CCCC3)n2)cc1.NC/C(=C\F)COc1ccc(-c2nc(N3CCOCC3)n[nH]2)c(F)c1. The molecule has 0 atom stereocenters. The zero-order valence-corrected chi connectivity index (χ0v) is 80.8. The maximum absolute atomic E-state index is 14.4. The van der Waals surface area contributed by atoms with Crippen LogP contribution in [0.15, 0.2) is 193 Å². The van der Waals surface area contributed by atoms with Crippen molar-refractivity contribution in [2.45, 2.75) is 70.4 Å². The standard InChI is InChI=1S/C18H23FN4O.C18H22FN3O2S.C16H18F3N5O2.C16H19F2N5O2.C16H18F2N4O.C14H14F4N4O/c19-10-14(11-20)12-24-16-7-5-15(6-8-16)18-21-17(22-23-18)9-13-3-1-2-4-13;1-13-18(22-6-8-23-9-7-22)25-17(21-13)15-2-4-16(5-3-15)24-12-14(10-19)11-20;17-7-10(8-20)9-26-11-5-12(18)14(13(19)6-11)15-21-16(23-22-15)24-1-3-25-4-2-24;17-8-11(9-19)10-25-12-1-2-13(14(18)7-12)15-20-16(22-21-15)23-3-5-24-6-4-23;1-22-16(11-2-3-11)20-15(21-22)13-5-4-12(6-14(13)18)23-9-10(7-17)8-19;15-6-9(7-19)8-23-11-3-1-10(2-4-11)13-20-12(21-22-13)5-14(16,17)18/h5-8,10,13H,1-4,9,11-12,20H2,(H,21,22,23);2-5,10H,6-9,11-12,20H2,1H3;5-7H,1-4,8-9,20H2,(H,21,22,23);1-2,7-8H,3-6,9-10,19H2,(H,20,21,22);4-7,11H,2-3,8-9,19H2,1H3;1-4,6H,5,7-8,19H2,(H,20,21,22)/b2*14-10+;10-7+;11-8+;10-7+;9-6+. The molecule has 0 amide bonds. The lowest BCUT2D eigenvalue weighted by Gasteiger charge is -2.27. The minimum Gasteiger partial charge on any atom is -0.489 e. The van der Waals surface area contributed by atoms with Crippen LogP contribution in [-0.4, -0.2) is 244 Å². The first-order chi connectivity index (χ1) is 70.8. The van der Waals surface area contributed by atoms with Gasteiger partial charge in [0.15, 0.2) is 29.1 Å². The number of alkyl halides is 3. The summed E-state index contributed by atoms with van der Waals surface area (Å²) in [5.41, 5.74) is 37.8. The molecule has 146 heavy (non-hydrogen) atoms. The van der Waals surface area contributed by atoms with Crippen LogP contribution >= 0.6 is 11.3 Å². The third-order valence-electron chi connectivity index (χ3n) is 22.7. The van der Waals surface area contributed by atoms with Gasteiger partial charge in [0.05, 0.1) is 100 Å². The number of nitrogens with zero attached hydrogens (tertiary/aromatic N) is 15. The number of halogens is 13. The normalized spacial score (nSPS) is 15.0. The molecule has 5 aliphatic rings. The molecule has 2 aliphatic carbocycles. The molecule has 6 aromatic heterocycles. The zero-order valence-electron chi connectivity index (χ0n) is 80.0. The van der Waals surface area contributed by atoms with Gasteiger partial charge in [-0.1, -0.05) is 37.0 Å². The summed E-state index contributed by atoms with van der Waals surface area (Å²) in [5, 5.41) is 33.3. The number of thiazole rings is 1. The van der Waals surface area contributed by atoms with Crippen molar-refractivity contribution in [1.29, 1.82) is 0 Å². The topological polar surface area (TPSA) is 459 Å². The van der Waals surface area contributed by atoms with Crippen LogP contribution in [0.5, 0.6) is 34.5 Å². The molecule has 6 aromatic carbocycles. The summed E-state index contributed by atoms with van der Waals surface area (Å²) in [6, 6.07) is 32.3. The number of ether oxygens (including phenoxy) is 9. The number of benzene rings is 6. The smallest absolute Gasteiger partial charge is 0.396 e. The summed E-state index contributed by atoms with van der Waals surface area (Å²) >= 11 is 1.69. The van der Waals surface area contributed by atoms with Gasteiger partial charge in [0.1, 0.15) is 131 Å². The molecule has 0 bridgehead atoms. The fraction of sp³-hybridized carbons (Fsp3) is 0.378. The third kappa shape index (κ3) is 33.3. The van der Waals surface area contributed by atoms with E-state index in [9.17, 15) is 57.1 Å². The molecule has 9 heterocycles. The summed E-state index contributed by atoms with van der Waals surface area (Å²) in [7, 11) is 1.82. The van der Waals surface area contributed by atoms with Crippen molar-refractivity contribution in [2.24, 2.45) is 47.4 Å². The van der Waals surface area contributed by atoms with Gasteiger partial charge in [-0.05, 0) is 123 Å². The minimum atomic E-state index is -4.35. The lowest BCUT2D eigenvalue weighted by Crippen LogP contribution is -2.36. The molecule has 12 aromatic rings. The molecule has 2 saturated carbocycles. The number of nitrogens with two attached hydrogens (primary N) is 6. The highest BCUT2D eigenvalue weighted by Gasteiger charge is 2.32. The molecule has 0 unspecified atom stereocenters. The van der Waals surface area contributed by atoms with E-state index in [4.69, 9.17) is 82.0 Å². The zero-order chi connectivity index (χ0) is 104. The predicted molar refractivity (Wildman–Crippen MR) is 525 cm³/mol. The number of aromatic amines is 4. The summed E-state index contributed by atoms with van der Waals surface area (Å²) in [6.07, 6.45) is 5.41. The van der Waals surface area contributed by atoms with Crippen LogP contribution in [0.1, 0.15) is 67.6 Å². The molecule has 48 heteroatoms. The van der Waals surface area contributed by atoms with Crippen LogP contribution in [-0.2, 0) is 34.1 Å². The third-order valence-corrected chi connectivity index (χ3v) is 24.0. The second-order valence-electron chi connectivity index (χ2n) is 33.4. The highest BCUT2D eigenvalue weighted by Crippen LogP contribution is 2.41. The lowest BCUT2D eigenvalue weighted by molar-refractivity contribution is -0.128. The number of morpholine rings is 3. The van der Waals surface area contributed by atoms with Gasteiger partial charge in [0.25, 0.3) is 0 Å². The summed E-state index contributed by atoms with van der Waals surface area (Å²) in [4.78, 5) is 32.2. The van der Waals surface area contributed by atoms with Gasteiger partial charge in [0.2, 0.25) is 11.9 Å².